The van der Waals surface area contributed by atoms with Crippen LogP contribution in [0.1, 0.15) is 63.9 Å². The molecule has 0 radical (unpaired) electrons. The molecule has 1 atom stereocenters. The van der Waals surface area contributed by atoms with Gasteiger partial charge in [-0.05, 0) is 55.9 Å². The molecule has 0 fully saturated rings. The first kappa shape index (κ1) is 23.7. The summed E-state index contributed by atoms with van der Waals surface area (Å²) in [6.45, 7) is 3.45. The van der Waals surface area contributed by atoms with Crippen LogP contribution in [0.3, 0.4) is 0 Å². The minimum Gasteiger partial charge on any atom is -0.494 e. The first-order valence-electron chi connectivity index (χ1n) is 10.9. The van der Waals surface area contributed by atoms with Crippen molar-refractivity contribution in [3.8, 4) is 5.75 Å². The van der Waals surface area contributed by atoms with E-state index in [1.165, 1.54) is 24.8 Å². The molecule has 0 saturated carbocycles. The van der Waals surface area contributed by atoms with Gasteiger partial charge in [0.05, 0.1) is 13.2 Å². The van der Waals surface area contributed by atoms with E-state index < -0.39 is 13.1 Å². The van der Waals surface area contributed by atoms with E-state index in [-0.39, 0.29) is 0 Å². The fourth-order valence-electron chi connectivity index (χ4n) is 3.31. The van der Waals surface area contributed by atoms with Gasteiger partial charge in [0.1, 0.15) is 5.75 Å². The summed E-state index contributed by atoms with van der Waals surface area (Å²) in [7, 11) is -1.85. The summed E-state index contributed by atoms with van der Waals surface area (Å²) in [6, 6.07) is 8.46. The lowest BCUT2D eigenvalue weighted by Gasteiger charge is -2.31. The Morgan fingerprint density at radius 3 is 2.34 bits per heavy atom. The molecule has 5 nitrogen and oxygen atoms in total. The third-order valence-electron chi connectivity index (χ3n) is 4.95. The van der Waals surface area contributed by atoms with E-state index in [0.717, 1.165) is 37.9 Å². The molecule has 1 unspecified atom stereocenters. The molecule has 2 N–H and O–H groups in total. The topological polar surface area (TPSA) is 68.2 Å². The summed E-state index contributed by atoms with van der Waals surface area (Å²) >= 11 is 0. The van der Waals surface area contributed by atoms with Gasteiger partial charge in [-0.3, -0.25) is 0 Å². The molecule has 0 saturated heterocycles. The van der Waals surface area contributed by atoms with Gasteiger partial charge < -0.3 is 24.2 Å². The van der Waals surface area contributed by atoms with Crippen molar-refractivity contribution in [2.24, 2.45) is 0 Å². The van der Waals surface area contributed by atoms with Crippen LogP contribution in [-0.2, 0) is 15.8 Å². The maximum atomic E-state index is 9.11. The molecule has 0 spiro atoms. The third kappa shape index (κ3) is 9.63. The van der Waals surface area contributed by atoms with Crippen molar-refractivity contribution < 1.29 is 24.2 Å². The van der Waals surface area contributed by atoms with Crippen molar-refractivity contribution in [1.29, 1.82) is 0 Å². The fraction of sp³-hybridized carbons (Fsp3) is 0.565. The van der Waals surface area contributed by atoms with Crippen LogP contribution in [0.25, 0.3) is 0 Å². The Morgan fingerprint density at radius 1 is 0.931 bits per heavy atom. The molecular formula is C23H35BO5. The number of allylic oxidation sites excluding steroid dienone is 2. The Hall–Kier alpha value is -1.60. The Balaban J connectivity index is 1.53. The zero-order valence-electron chi connectivity index (χ0n) is 17.6. The Kier molecular flexibility index (Phi) is 11.1. The molecule has 1 aromatic rings. The highest BCUT2D eigenvalue weighted by Crippen LogP contribution is 2.25. The van der Waals surface area contributed by atoms with E-state index in [4.69, 9.17) is 24.2 Å². The lowest BCUT2D eigenvalue weighted by Crippen LogP contribution is -2.40. The van der Waals surface area contributed by atoms with Crippen molar-refractivity contribution in [3.63, 3.8) is 0 Å². The number of hydrogen-bond donors (Lipinski definition) is 2. The Morgan fingerprint density at radius 2 is 1.69 bits per heavy atom. The first-order valence-corrected chi connectivity index (χ1v) is 10.9. The molecule has 1 aliphatic rings. The zero-order chi connectivity index (χ0) is 20.8. The molecule has 0 bridgehead atoms. The van der Waals surface area contributed by atoms with Gasteiger partial charge in [0.15, 0.2) is 5.79 Å². The summed E-state index contributed by atoms with van der Waals surface area (Å²) in [5, 5.41) is 18.2. The largest absolute Gasteiger partial charge is 0.636 e. The number of hydrogen-bond acceptors (Lipinski definition) is 5. The summed E-state index contributed by atoms with van der Waals surface area (Å²) in [4.78, 5) is 0. The standard InChI is InChI=1S/C23H35BO5/c1-2-3-7-12-21-13-15-22(16-14-21)27-19-10-4-5-11-20-28-23(29-24(25)26)17-8-6-9-18-23/h6,8-9,13-17,25-26H,2-5,7,10-12,18-20H2,1H3. The van der Waals surface area contributed by atoms with Crippen LogP contribution in [0.2, 0.25) is 0 Å². The van der Waals surface area contributed by atoms with Gasteiger partial charge in [0, 0.05) is 6.42 Å². The van der Waals surface area contributed by atoms with E-state index in [0.29, 0.717) is 19.6 Å². The molecule has 2 rings (SSSR count). The van der Waals surface area contributed by atoms with Crippen molar-refractivity contribution in [2.45, 2.75) is 70.5 Å². The second kappa shape index (κ2) is 13.6. The second-order valence-corrected chi connectivity index (χ2v) is 7.46. The summed E-state index contributed by atoms with van der Waals surface area (Å²) < 4.78 is 16.8. The zero-order valence-corrected chi connectivity index (χ0v) is 17.6. The molecule has 0 aromatic heterocycles. The molecule has 6 heteroatoms. The normalized spacial score (nSPS) is 18.2. The lowest BCUT2D eigenvalue weighted by molar-refractivity contribution is -0.163. The van der Waals surface area contributed by atoms with Crippen LogP contribution < -0.4 is 4.74 Å². The minimum atomic E-state index is -1.85. The highest BCUT2D eigenvalue weighted by molar-refractivity contribution is 6.32. The van der Waals surface area contributed by atoms with E-state index in [1.54, 1.807) is 12.2 Å². The highest BCUT2D eigenvalue weighted by Gasteiger charge is 2.33. The van der Waals surface area contributed by atoms with E-state index >= 15 is 0 Å². The van der Waals surface area contributed by atoms with Crippen LogP contribution in [0.4, 0.5) is 0 Å². The number of unbranched alkanes of at least 4 members (excludes halogenated alkanes) is 5. The number of aryl methyl sites for hydroxylation is 1. The Bertz CT molecular complexity index is 614. The van der Waals surface area contributed by atoms with Crippen molar-refractivity contribution >= 4 is 7.32 Å². The molecule has 0 aliphatic heterocycles. The van der Waals surface area contributed by atoms with Gasteiger partial charge >= 0.3 is 7.32 Å². The molecule has 29 heavy (non-hydrogen) atoms. The summed E-state index contributed by atoms with van der Waals surface area (Å²) in [6.07, 6.45) is 16.6. The third-order valence-corrected chi connectivity index (χ3v) is 4.95. The number of benzene rings is 1. The predicted molar refractivity (Wildman–Crippen MR) is 116 cm³/mol. The Labute approximate surface area is 175 Å². The van der Waals surface area contributed by atoms with Crippen LogP contribution in [-0.4, -0.2) is 36.4 Å². The van der Waals surface area contributed by atoms with Gasteiger partial charge in [0.25, 0.3) is 0 Å². The van der Waals surface area contributed by atoms with Crippen molar-refractivity contribution in [1.82, 2.24) is 0 Å². The quantitative estimate of drug-likeness (QED) is 0.256. The predicted octanol–water partition coefficient (Wildman–Crippen LogP) is 4.57. The molecule has 1 aliphatic carbocycles. The van der Waals surface area contributed by atoms with Crippen LogP contribution in [0, 0.1) is 0 Å². The van der Waals surface area contributed by atoms with E-state index in [1.807, 2.05) is 12.2 Å². The fourth-order valence-corrected chi connectivity index (χ4v) is 3.31. The van der Waals surface area contributed by atoms with E-state index in [2.05, 4.69) is 31.2 Å². The SMILES string of the molecule is CCCCCc1ccc(OCCCCCCOC2(OB(O)O)C=CC=CC2)cc1. The highest BCUT2D eigenvalue weighted by atomic mass is 16.7. The van der Waals surface area contributed by atoms with Crippen LogP contribution >= 0.6 is 0 Å². The van der Waals surface area contributed by atoms with E-state index in [9.17, 15) is 0 Å². The smallest absolute Gasteiger partial charge is 0.494 e. The first-order chi connectivity index (χ1) is 14.1. The molecule has 0 amide bonds. The van der Waals surface area contributed by atoms with Gasteiger partial charge in [-0.1, -0.05) is 56.5 Å². The maximum absolute atomic E-state index is 9.11. The minimum absolute atomic E-state index is 0.465. The van der Waals surface area contributed by atoms with Crippen LogP contribution in [0.5, 0.6) is 5.75 Å². The van der Waals surface area contributed by atoms with Crippen molar-refractivity contribution in [2.75, 3.05) is 13.2 Å². The summed E-state index contributed by atoms with van der Waals surface area (Å²) in [5.41, 5.74) is 1.38. The molecule has 1 aromatic carbocycles. The maximum Gasteiger partial charge on any atom is 0.636 e. The molecular weight excluding hydrogens is 367 g/mol. The average Bonchev–Trinajstić information content (AvgIpc) is 2.71. The van der Waals surface area contributed by atoms with Gasteiger partial charge in [-0.2, -0.15) is 0 Å². The molecule has 0 heterocycles. The molecule has 160 valence electrons. The average molecular weight is 402 g/mol. The van der Waals surface area contributed by atoms with Gasteiger partial charge in [0.2, 0.25) is 0 Å². The summed E-state index contributed by atoms with van der Waals surface area (Å²) in [5.74, 6) is -0.138. The van der Waals surface area contributed by atoms with Gasteiger partial charge in [-0.25, -0.2) is 0 Å². The number of ether oxygens (including phenoxy) is 2. The van der Waals surface area contributed by atoms with Crippen LogP contribution in [0.15, 0.2) is 48.6 Å². The second-order valence-electron chi connectivity index (χ2n) is 7.46. The number of rotatable bonds is 15. The monoisotopic (exact) mass is 402 g/mol. The lowest BCUT2D eigenvalue weighted by atomic mass is 10.1. The van der Waals surface area contributed by atoms with Gasteiger partial charge in [-0.15, -0.1) is 0 Å². The van der Waals surface area contributed by atoms with Crippen molar-refractivity contribution in [3.05, 3.63) is 54.1 Å².